The SMILES string of the molecule is CN(C)Cc1cc2c(cc1-c1cc3ccc4c(c3cn1)OCO4)OCO2. The second kappa shape index (κ2) is 5.78. The zero-order valence-electron chi connectivity index (χ0n) is 14.6. The Morgan fingerprint density at radius 2 is 1.69 bits per heavy atom. The van der Waals surface area contributed by atoms with Crippen molar-refractivity contribution in [1.82, 2.24) is 9.88 Å². The number of benzene rings is 2. The van der Waals surface area contributed by atoms with E-state index in [2.05, 4.69) is 11.0 Å². The van der Waals surface area contributed by atoms with Crippen molar-refractivity contribution < 1.29 is 18.9 Å². The van der Waals surface area contributed by atoms with E-state index in [0.717, 1.165) is 57.1 Å². The summed E-state index contributed by atoms with van der Waals surface area (Å²) < 4.78 is 22.1. The van der Waals surface area contributed by atoms with Gasteiger partial charge in [0.25, 0.3) is 0 Å². The molecule has 0 N–H and O–H groups in total. The Kier molecular flexibility index (Phi) is 3.39. The van der Waals surface area contributed by atoms with Crippen LogP contribution < -0.4 is 18.9 Å². The molecule has 132 valence electrons. The summed E-state index contributed by atoms with van der Waals surface area (Å²) in [6.45, 7) is 1.30. The van der Waals surface area contributed by atoms with Crippen molar-refractivity contribution in [2.24, 2.45) is 0 Å². The molecule has 5 rings (SSSR count). The lowest BCUT2D eigenvalue weighted by Gasteiger charge is -2.15. The van der Waals surface area contributed by atoms with Gasteiger partial charge in [0.15, 0.2) is 23.0 Å². The van der Waals surface area contributed by atoms with Crippen LogP contribution in [0.15, 0.2) is 36.5 Å². The number of nitrogens with zero attached hydrogens (tertiary/aromatic N) is 2. The Labute approximate surface area is 150 Å². The minimum atomic E-state index is 0.255. The third-order valence-corrected chi connectivity index (χ3v) is 4.60. The van der Waals surface area contributed by atoms with Crippen molar-refractivity contribution in [3.63, 3.8) is 0 Å². The molecular formula is C20H18N2O4. The summed E-state index contributed by atoms with van der Waals surface area (Å²) in [4.78, 5) is 6.82. The van der Waals surface area contributed by atoms with Crippen LogP contribution in [0, 0.1) is 0 Å². The summed E-state index contributed by atoms with van der Waals surface area (Å²) in [5, 5.41) is 2.02. The molecule has 0 amide bonds. The highest BCUT2D eigenvalue weighted by atomic mass is 16.7. The number of hydrogen-bond donors (Lipinski definition) is 0. The average Bonchev–Trinajstić information content (AvgIpc) is 3.28. The van der Waals surface area contributed by atoms with E-state index in [-0.39, 0.29) is 13.6 Å². The van der Waals surface area contributed by atoms with Gasteiger partial charge in [0.05, 0.1) is 5.69 Å². The largest absolute Gasteiger partial charge is 0.454 e. The lowest BCUT2D eigenvalue weighted by Crippen LogP contribution is -2.11. The van der Waals surface area contributed by atoms with Crippen LogP contribution in [0.25, 0.3) is 22.0 Å². The topological polar surface area (TPSA) is 53.1 Å². The molecule has 0 bridgehead atoms. The van der Waals surface area contributed by atoms with E-state index in [1.54, 1.807) is 0 Å². The Balaban J connectivity index is 1.66. The van der Waals surface area contributed by atoms with E-state index in [1.165, 1.54) is 0 Å². The van der Waals surface area contributed by atoms with E-state index in [9.17, 15) is 0 Å². The van der Waals surface area contributed by atoms with Crippen LogP contribution in [0.2, 0.25) is 0 Å². The van der Waals surface area contributed by atoms with Crippen LogP contribution >= 0.6 is 0 Å². The van der Waals surface area contributed by atoms with Crippen molar-refractivity contribution in [2.75, 3.05) is 27.7 Å². The second-order valence-electron chi connectivity index (χ2n) is 6.69. The predicted molar refractivity (Wildman–Crippen MR) is 96.8 cm³/mol. The highest BCUT2D eigenvalue weighted by Gasteiger charge is 2.21. The first-order chi connectivity index (χ1) is 12.7. The lowest BCUT2D eigenvalue weighted by molar-refractivity contribution is 0.174. The monoisotopic (exact) mass is 350 g/mol. The van der Waals surface area contributed by atoms with Crippen molar-refractivity contribution in [2.45, 2.75) is 6.54 Å². The number of aromatic nitrogens is 1. The van der Waals surface area contributed by atoms with Gasteiger partial charge in [-0.05, 0) is 49.3 Å². The summed E-state index contributed by atoms with van der Waals surface area (Å²) in [5.74, 6) is 3.08. The highest BCUT2D eigenvalue weighted by molar-refractivity contribution is 5.93. The molecule has 2 aliphatic heterocycles. The maximum absolute atomic E-state index is 5.59. The number of pyridine rings is 1. The minimum absolute atomic E-state index is 0.255. The van der Waals surface area contributed by atoms with Crippen LogP contribution in [-0.2, 0) is 6.54 Å². The van der Waals surface area contributed by atoms with Crippen molar-refractivity contribution >= 4 is 10.8 Å². The summed E-state index contributed by atoms with van der Waals surface area (Å²) >= 11 is 0. The molecule has 0 saturated carbocycles. The van der Waals surface area contributed by atoms with Gasteiger partial charge in [-0.2, -0.15) is 0 Å². The first kappa shape index (κ1) is 15.3. The Hall–Kier alpha value is -2.99. The van der Waals surface area contributed by atoms with Crippen LogP contribution in [0.1, 0.15) is 5.56 Å². The smallest absolute Gasteiger partial charge is 0.231 e. The minimum Gasteiger partial charge on any atom is -0.454 e. The second-order valence-corrected chi connectivity index (χ2v) is 6.69. The molecule has 6 nitrogen and oxygen atoms in total. The standard InChI is InChI=1S/C20H18N2O4/c1-22(2)9-13-6-18-19(25-10-24-18)7-14(13)16-5-12-3-4-17-20(26-11-23-17)15(12)8-21-16/h3-8H,9-11H2,1-2H3. The summed E-state index contributed by atoms with van der Waals surface area (Å²) in [7, 11) is 4.09. The molecule has 3 aromatic rings. The molecule has 2 aliphatic rings. The first-order valence-electron chi connectivity index (χ1n) is 8.45. The zero-order valence-corrected chi connectivity index (χ0v) is 14.6. The molecule has 0 unspecified atom stereocenters. The van der Waals surface area contributed by atoms with Gasteiger partial charge in [-0.3, -0.25) is 4.98 Å². The van der Waals surface area contributed by atoms with Gasteiger partial charge in [-0.25, -0.2) is 0 Å². The number of rotatable bonds is 3. The quantitative estimate of drug-likeness (QED) is 0.721. The highest BCUT2D eigenvalue weighted by Crippen LogP contribution is 2.42. The van der Waals surface area contributed by atoms with E-state index in [0.29, 0.717) is 0 Å². The van der Waals surface area contributed by atoms with Crippen LogP contribution in [0.3, 0.4) is 0 Å². The fourth-order valence-electron chi connectivity index (χ4n) is 3.43. The van der Waals surface area contributed by atoms with Gasteiger partial charge < -0.3 is 23.8 Å². The molecule has 3 heterocycles. The van der Waals surface area contributed by atoms with Crippen molar-refractivity contribution in [3.05, 3.63) is 42.1 Å². The van der Waals surface area contributed by atoms with E-state index in [4.69, 9.17) is 23.9 Å². The number of hydrogen-bond acceptors (Lipinski definition) is 6. The van der Waals surface area contributed by atoms with Crippen LogP contribution in [0.4, 0.5) is 0 Å². The maximum atomic E-state index is 5.59. The third kappa shape index (κ3) is 2.42. The normalized spacial score (nSPS) is 14.4. The number of ether oxygens (including phenoxy) is 4. The predicted octanol–water partition coefficient (Wildman–Crippen LogP) is 3.42. The van der Waals surface area contributed by atoms with Gasteiger partial charge in [0, 0.05) is 23.7 Å². The van der Waals surface area contributed by atoms with Crippen LogP contribution in [-0.4, -0.2) is 37.6 Å². The summed E-state index contributed by atoms with van der Waals surface area (Å²) in [6, 6.07) is 10.1. The van der Waals surface area contributed by atoms with Gasteiger partial charge in [0.2, 0.25) is 13.6 Å². The third-order valence-electron chi connectivity index (χ3n) is 4.60. The molecule has 0 atom stereocenters. The molecule has 0 spiro atoms. The van der Waals surface area contributed by atoms with Crippen molar-refractivity contribution in [1.29, 1.82) is 0 Å². The molecule has 0 fully saturated rings. The average molecular weight is 350 g/mol. The molecule has 6 heteroatoms. The van der Waals surface area contributed by atoms with E-state index in [1.807, 2.05) is 44.6 Å². The molecule has 0 saturated heterocycles. The van der Waals surface area contributed by atoms with Gasteiger partial charge in [-0.1, -0.05) is 6.07 Å². The number of fused-ring (bicyclic) bond motifs is 4. The molecule has 0 radical (unpaired) electrons. The fourth-order valence-corrected chi connectivity index (χ4v) is 3.43. The van der Waals surface area contributed by atoms with Gasteiger partial charge in [-0.15, -0.1) is 0 Å². The molecule has 1 aromatic heterocycles. The Morgan fingerprint density at radius 1 is 0.923 bits per heavy atom. The first-order valence-corrected chi connectivity index (χ1v) is 8.45. The maximum Gasteiger partial charge on any atom is 0.231 e. The van der Waals surface area contributed by atoms with E-state index >= 15 is 0 Å². The molecule has 0 aliphatic carbocycles. The van der Waals surface area contributed by atoms with Gasteiger partial charge >= 0.3 is 0 Å². The van der Waals surface area contributed by atoms with Crippen LogP contribution in [0.5, 0.6) is 23.0 Å². The zero-order chi connectivity index (χ0) is 17.7. The fraction of sp³-hybridized carbons (Fsp3) is 0.250. The molecule has 2 aromatic carbocycles. The Morgan fingerprint density at radius 3 is 2.54 bits per heavy atom. The Bertz CT molecular complexity index is 1020. The molecular weight excluding hydrogens is 332 g/mol. The lowest BCUT2D eigenvalue weighted by atomic mass is 10.0. The molecule has 26 heavy (non-hydrogen) atoms. The summed E-state index contributed by atoms with van der Waals surface area (Å²) in [6.07, 6.45) is 1.85. The van der Waals surface area contributed by atoms with Crippen molar-refractivity contribution in [3.8, 4) is 34.3 Å². The van der Waals surface area contributed by atoms with E-state index < -0.39 is 0 Å². The van der Waals surface area contributed by atoms with Gasteiger partial charge in [0.1, 0.15) is 0 Å². The summed E-state index contributed by atoms with van der Waals surface area (Å²) in [5.41, 5.74) is 3.08.